The van der Waals surface area contributed by atoms with Crippen LogP contribution < -0.4 is 5.32 Å². The Hall–Kier alpha value is -2.38. The number of piperidine rings is 1. The number of aromatic nitrogens is 2. The Morgan fingerprint density at radius 1 is 1.38 bits per heavy atom. The maximum atomic E-state index is 11.6. The Kier molecular flexibility index (Phi) is 4.91. The predicted molar refractivity (Wildman–Crippen MR) is 74.2 cm³/mol. The summed E-state index contributed by atoms with van der Waals surface area (Å²) in [6.45, 7) is 3.41. The van der Waals surface area contributed by atoms with E-state index < -0.39 is 5.97 Å². The molecule has 0 radical (unpaired) electrons. The van der Waals surface area contributed by atoms with Gasteiger partial charge in [0.1, 0.15) is 5.82 Å². The van der Waals surface area contributed by atoms with Crippen molar-refractivity contribution in [3.8, 4) is 0 Å². The van der Waals surface area contributed by atoms with E-state index in [1.54, 1.807) is 11.8 Å². The van der Waals surface area contributed by atoms with Crippen molar-refractivity contribution in [1.82, 2.24) is 14.9 Å². The van der Waals surface area contributed by atoms with E-state index in [9.17, 15) is 9.59 Å². The highest BCUT2D eigenvalue weighted by Gasteiger charge is 2.23. The lowest BCUT2D eigenvalue weighted by Gasteiger charge is -2.31. The molecule has 0 atom stereocenters. The highest BCUT2D eigenvalue weighted by atomic mass is 16.6. The van der Waals surface area contributed by atoms with Gasteiger partial charge in [-0.3, -0.25) is 0 Å². The lowest BCUT2D eigenvalue weighted by atomic mass is 10.1. The van der Waals surface area contributed by atoms with Gasteiger partial charge in [0.05, 0.1) is 19.0 Å². The summed E-state index contributed by atoms with van der Waals surface area (Å²) in [5, 5.41) is 11.9. The van der Waals surface area contributed by atoms with Gasteiger partial charge < -0.3 is 20.1 Å². The summed E-state index contributed by atoms with van der Waals surface area (Å²) in [6.07, 6.45) is 3.91. The number of aromatic carboxylic acids is 1. The zero-order chi connectivity index (χ0) is 15.2. The van der Waals surface area contributed by atoms with Gasteiger partial charge in [0.25, 0.3) is 0 Å². The molecule has 0 saturated carbocycles. The fourth-order valence-corrected chi connectivity index (χ4v) is 2.14. The first-order valence-electron chi connectivity index (χ1n) is 6.83. The molecule has 1 aliphatic heterocycles. The average Bonchev–Trinajstić information content (AvgIpc) is 2.49. The summed E-state index contributed by atoms with van der Waals surface area (Å²) in [5.41, 5.74) is -0.0855. The van der Waals surface area contributed by atoms with Crippen molar-refractivity contribution in [2.45, 2.75) is 25.8 Å². The third-order valence-electron chi connectivity index (χ3n) is 3.24. The van der Waals surface area contributed by atoms with Crippen LogP contribution in [0.5, 0.6) is 0 Å². The van der Waals surface area contributed by atoms with E-state index in [0.29, 0.717) is 25.5 Å². The number of hydrogen-bond acceptors (Lipinski definition) is 6. The maximum absolute atomic E-state index is 11.6. The Morgan fingerprint density at radius 3 is 2.62 bits per heavy atom. The van der Waals surface area contributed by atoms with E-state index in [2.05, 4.69) is 15.3 Å². The van der Waals surface area contributed by atoms with E-state index in [0.717, 1.165) is 12.8 Å². The lowest BCUT2D eigenvalue weighted by molar-refractivity contribution is 0.0690. The van der Waals surface area contributed by atoms with Crippen LogP contribution in [0.3, 0.4) is 0 Å². The fraction of sp³-hybridized carbons (Fsp3) is 0.538. The summed E-state index contributed by atoms with van der Waals surface area (Å²) in [5.74, 6) is -0.564. The predicted octanol–water partition coefficient (Wildman–Crippen LogP) is 1.21. The quantitative estimate of drug-likeness (QED) is 0.859. The highest BCUT2D eigenvalue weighted by molar-refractivity contribution is 5.84. The molecule has 0 unspecified atom stereocenters. The van der Waals surface area contributed by atoms with Crippen molar-refractivity contribution in [3.63, 3.8) is 0 Å². The summed E-state index contributed by atoms with van der Waals surface area (Å²) < 4.78 is 4.96. The number of nitrogens with zero attached hydrogens (tertiary/aromatic N) is 3. The van der Waals surface area contributed by atoms with Crippen LogP contribution in [-0.4, -0.2) is 57.8 Å². The van der Waals surface area contributed by atoms with Crippen LogP contribution in [0.4, 0.5) is 10.6 Å². The van der Waals surface area contributed by atoms with Crippen LogP contribution in [0.1, 0.15) is 30.3 Å². The van der Waals surface area contributed by atoms with Crippen molar-refractivity contribution in [1.29, 1.82) is 0 Å². The molecule has 0 spiro atoms. The molecule has 21 heavy (non-hydrogen) atoms. The number of carbonyl (C=O) groups is 2. The summed E-state index contributed by atoms with van der Waals surface area (Å²) in [4.78, 5) is 31.8. The molecule has 1 aromatic rings. The fourth-order valence-electron chi connectivity index (χ4n) is 2.14. The Bertz CT molecular complexity index is 497. The first-order valence-corrected chi connectivity index (χ1v) is 6.83. The molecule has 2 heterocycles. The molecule has 114 valence electrons. The smallest absolute Gasteiger partial charge is 0.409 e. The first kappa shape index (κ1) is 15.0. The average molecular weight is 294 g/mol. The van der Waals surface area contributed by atoms with Gasteiger partial charge in [-0.25, -0.2) is 19.6 Å². The molecular weight excluding hydrogens is 276 g/mol. The molecule has 1 amide bonds. The van der Waals surface area contributed by atoms with Crippen LogP contribution in [0.15, 0.2) is 12.4 Å². The minimum absolute atomic E-state index is 0.0855. The van der Waals surface area contributed by atoms with Crippen molar-refractivity contribution in [2.24, 2.45) is 0 Å². The van der Waals surface area contributed by atoms with E-state index in [1.165, 1.54) is 12.4 Å². The number of carbonyl (C=O) groups excluding carboxylic acids is 1. The third-order valence-corrected chi connectivity index (χ3v) is 3.24. The summed E-state index contributed by atoms with van der Waals surface area (Å²) in [6, 6.07) is 0.181. The van der Waals surface area contributed by atoms with Crippen LogP contribution in [0.2, 0.25) is 0 Å². The molecular formula is C13H18N4O4. The molecule has 0 aliphatic carbocycles. The number of ether oxygens (including phenoxy) is 1. The van der Waals surface area contributed by atoms with E-state index >= 15 is 0 Å². The van der Waals surface area contributed by atoms with E-state index in [1.807, 2.05) is 0 Å². The number of anilines is 1. The topological polar surface area (TPSA) is 105 Å². The molecule has 2 N–H and O–H groups in total. The minimum atomic E-state index is -1.10. The van der Waals surface area contributed by atoms with Gasteiger partial charge in [0.2, 0.25) is 0 Å². The number of carboxylic acid groups (broad SMARTS) is 1. The van der Waals surface area contributed by atoms with Gasteiger partial charge in [-0.1, -0.05) is 0 Å². The molecule has 0 bridgehead atoms. The zero-order valence-corrected chi connectivity index (χ0v) is 11.8. The molecule has 8 heteroatoms. The molecule has 0 aromatic carbocycles. The lowest BCUT2D eigenvalue weighted by Crippen LogP contribution is -2.42. The van der Waals surface area contributed by atoms with Crippen LogP contribution in [0.25, 0.3) is 0 Å². The number of nitrogens with one attached hydrogen (secondary N) is 1. The molecule has 8 nitrogen and oxygen atoms in total. The Balaban J connectivity index is 1.83. The molecule has 1 aromatic heterocycles. The Morgan fingerprint density at radius 2 is 2.10 bits per heavy atom. The number of rotatable bonds is 4. The van der Waals surface area contributed by atoms with E-state index in [4.69, 9.17) is 9.84 Å². The molecule has 1 aliphatic rings. The van der Waals surface area contributed by atoms with Crippen molar-refractivity contribution in [3.05, 3.63) is 18.1 Å². The van der Waals surface area contributed by atoms with Crippen LogP contribution in [0, 0.1) is 0 Å². The summed E-state index contributed by atoms with van der Waals surface area (Å²) >= 11 is 0. The van der Waals surface area contributed by atoms with Gasteiger partial charge in [-0.05, 0) is 19.8 Å². The molecule has 2 rings (SSSR count). The number of carboxylic acids is 1. The SMILES string of the molecule is CCOC(=O)N1CCC(Nc2cnc(C(=O)O)cn2)CC1. The standard InChI is InChI=1S/C13H18N4O4/c1-2-21-13(20)17-5-3-9(4-6-17)16-11-8-14-10(7-15-11)12(18)19/h7-9H,2-6H2,1H3,(H,15,16)(H,18,19). The van der Waals surface area contributed by atoms with Gasteiger partial charge in [-0.2, -0.15) is 0 Å². The van der Waals surface area contributed by atoms with Crippen molar-refractivity contribution >= 4 is 17.9 Å². The van der Waals surface area contributed by atoms with Gasteiger partial charge in [-0.15, -0.1) is 0 Å². The van der Waals surface area contributed by atoms with Crippen LogP contribution >= 0.6 is 0 Å². The third kappa shape index (κ3) is 4.04. The van der Waals surface area contributed by atoms with E-state index in [-0.39, 0.29) is 17.8 Å². The molecule has 1 fully saturated rings. The van der Waals surface area contributed by atoms with Crippen molar-refractivity contribution in [2.75, 3.05) is 25.0 Å². The monoisotopic (exact) mass is 294 g/mol. The Labute approximate surface area is 122 Å². The second-order valence-corrected chi connectivity index (χ2v) is 4.70. The number of hydrogen-bond donors (Lipinski definition) is 2. The normalized spacial score (nSPS) is 15.6. The summed E-state index contributed by atoms with van der Waals surface area (Å²) in [7, 11) is 0. The van der Waals surface area contributed by atoms with Crippen LogP contribution in [-0.2, 0) is 4.74 Å². The number of likely N-dealkylation sites (tertiary alicyclic amines) is 1. The largest absolute Gasteiger partial charge is 0.476 e. The number of amides is 1. The minimum Gasteiger partial charge on any atom is -0.476 e. The van der Waals surface area contributed by atoms with Gasteiger partial charge >= 0.3 is 12.1 Å². The van der Waals surface area contributed by atoms with Gasteiger partial charge in [0.15, 0.2) is 5.69 Å². The second kappa shape index (κ2) is 6.87. The maximum Gasteiger partial charge on any atom is 0.409 e. The second-order valence-electron chi connectivity index (χ2n) is 4.70. The highest BCUT2D eigenvalue weighted by Crippen LogP contribution is 2.15. The first-order chi connectivity index (χ1) is 10.1. The zero-order valence-electron chi connectivity index (χ0n) is 11.8. The van der Waals surface area contributed by atoms with Crippen molar-refractivity contribution < 1.29 is 19.4 Å². The molecule has 1 saturated heterocycles. The van der Waals surface area contributed by atoms with Gasteiger partial charge in [0, 0.05) is 19.1 Å².